The first-order chi connectivity index (χ1) is 16.8. The van der Waals surface area contributed by atoms with Crippen LogP contribution in [0.25, 0.3) is 10.9 Å². The summed E-state index contributed by atoms with van der Waals surface area (Å²) in [5.41, 5.74) is 2.42. The van der Waals surface area contributed by atoms with Gasteiger partial charge in [-0.15, -0.1) is 0 Å². The fourth-order valence-electron chi connectivity index (χ4n) is 3.96. The summed E-state index contributed by atoms with van der Waals surface area (Å²) < 4.78 is 7.38. The second kappa shape index (κ2) is 11.2. The quantitative estimate of drug-likeness (QED) is 0.272. The maximum atomic E-state index is 13.5. The molecule has 1 N–H and O–H groups in total. The van der Waals surface area contributed by atoms with Gasteiger partial charge < -0.3 is 10.1 Å². The number of carbonyl (C=O) groups excluding carboxylic acids is 2. The van der Waals surface area contributed by atoms with Crippen molar-refractivity contribution in [3.8, 4) is 0 Å². The van der Waals surface area contributed by atoms with Crippen LogP contribution in [0.15, 0.2) is 52.4 Å². The molecule has 1 aliphatic rings. The summed E-state index contributed by atoms with van der Waals surface area (Å²) in [4.78, 5) is 43.5. The van der Waals surface area contributed by atoms with Gasteiger partial charge in [0.1, 0.15) is 0 Å². The van der Waals surface area contributed by atoms with E-state index in [4.69, 9.17) is 9.72 Å². The van der Waals surface area contributed by atoms with Gasteiger partial charge in [-0.05, 0) is 43.9 Å². The van der Waals surface area contributed by atoms with Crippen LogP contribution in [0.5, 0.6) is 0 Å². The van der Waals surface area contributed by atoms with Crippen molar-refractivity contribution in [3.63, 3.8) is 0 Å². The number of aryl methyl sites for hydroxylation is 1. The van der Waals surface area contributed by atoms with Gasteiger partial charge in [0.25, 0.3) is 11.5 Å². The van der Waals surface area contributed by atoms with Crippen LogP contribution in [-0.4, -0.2) is 46.2 Å². The van der Waals surface area contributed by atoms with Gasteiger partial charge >= 0.3 is 0 Å². The minimum atomic E-state index is -0.199. The Morgan fingerprint density at radius 3 is 2.60 bits per heavy atom. The number of aromatic nitrogens is 2. The van der Waals surface area contributed by atoms with Gasteiger partial charge in [0, 0.05) is 24.3 Å². The third-order valence-corrected chi connectivity index (χ3v) is 6.95. The van der Waals surface area contributed by atoms with E-state index in [1.807, 2.05) is 45.0 Å². The third-order valence-electron chi connectivity index (χ3n) is 5.97. The van der Waals surface area contributed by atoms with E-state index >= 15 is 0 Å². The zero-order valence-corrected chi connectivity index (χ0v) is 21.2. The maximum Gasteiger partial charge on any atom is 0.262 e. The van der Waals surface area contributed by atoms with E-state index in [0.29, 0.717) is 52.8 Å². The molecule has 1 amide bonds. The molecule has 0 aliphatic carbocycles. The molecule has 0 radical (unpaired) electrons. The number of fused-ring (bicyclic) bond motifs is 1. The van der Waals surface area contributed by atoms with Crippen molar-refractivity contribution in [1.82, 2.24) is 14.9 Å². The third kappa shape index (κ3) is 6.18. The molecule has 8 heteroatoms. The lowest BCUT2D eigenvalue weighted by Crippen LogP contribution is -2.30. The van der Waals surface area contributed by atoms with Crippen molar-refractivity contribution >= 4 is 34.4 Å². The molecule has 7 nitrogen and oxygen atoms in total. The Morgan fingerprint density at radius 1 is 1.17 bits per heavy atom. The zero-order valence-electron chi connectivity index (χ0n) is 20.4. The molecule has 4 rings (SSSR count). The number of rotatable bonds is 9. The van der Waals surface area contributed by atoms with Gasteiger partial charge in [-0.1, -0.05) is 55.4 Å². The number of hydrogen-bond acceptors (Lipinski definition) is 6. The summed E-state index contributed by atoms with van der Waals surface area (Å²) in [5, 5.41) is 3.80. The van der Waals surface area contributed by atoms with Crippen molar-refractivity contribution in [1.29, 1.82) is 0 Å². The Hall–Kier alpha value is -2.97. The summed E-state index contributed by atoms with van der Waals surface area (Å²) in [6, 6.07) is 12.4. The lowest BCUT2D eigenvalue weighted by atomic mass is 10.1. The van der Waals surface area contributed by atoms with E-state index in [1.54, 1.807) is 22.8 Å². The highest BCUT2D eigenvalue weighted by atomic mass is 32.2. The monoisotopic (exact) mass is 493 g/mol. The van der Waals surface area contributed by atoms with Crippen LogP contribution in [-0.2, 0) is 11.3 Å². The molecule has 1 aliphatic heterocycles. The van der Waals surface area contributed by atoms with Crippen molar-refractivity contribution in [3.05, 3.63) is 69.5 Å². The fourth-order valence-corrected chi connectivity index (χ4v) is 4.86. The molecular weight excluding hydrogens is 462 g/mol. The van der Waals surface area contributed by atoms with E-state index < -0.39 is 0 Å². The summed E-state index contributed by atoms with van der Waals surface area (Å²) in [5.74, 6) is 0.252. The lowest BCUT2D eigenvalue weighted by Gasteiger charge is -2.16. The van der Waals surface area contributed by atoms with Crippen molar-refractivity contribution in [2.24, 2.45) is 5.92 Å². The average Bonchev–Trinajstić information content (AvgIpc) is 3.36. The van der Waals surface area contributed by atoms with Crippen LogP contribution >= 0.6 is 11.8 Å². The predicted molar refractivity (Wildman–Crippen MR) is 138 cm³/mol. The van der Waals surface area contributed by atoms with Crippen LogP contribution in [0.2, 0.25) is 0 Å². The molecular formula is C27H31N3O4S. The molecule has 1 atom stereocenters. The smallest absolute Gasteiger partial charge is 0.262 e. The number of carbonyl (C=O) groups is 2. The SMILES string of the molecule is Cc1ccc(C(=O)CSc2nc3cc(C(=O)NCC(C)C)ccc3c(=O)n2C[C@@H]2CCCO2)cc1. The molecule has 0 unspecified atom stereocenters. The van der Waals surface area contributed by atoms with E-state index in [0.717, 1.165) is 18.4 Å². The number of hydrogen-bond donors (Lipinski definition) is 1. The minimum Gasteiger partial charge on any atom is -0.376 e. The highest BCUT2D eigenvalue weighted by Crippen LogP contribution is 2.23. The van der Waals surface area contributed by atoms with Crippen LogP contribution in [0, 0.1) is 12.8 Å². The molecule has 2 heterocycles. The standard InChI is InChI=1S/C27H31N3O4S/c1-17(2)14-28-25(32)20-10-11-22-23(13-20)29-27(30(26(22)33)15-21-5-4-12-34-21)35-16-24(31)19-8-6-18(3)7-9-19/h6-11,13,17,21H,4-5,12,14-16H2,1-3H3,(H,28,32)/t21-/m0/s1. The zero-order chi connectivity index (χ0) is 24.9. The van der Waals surface area contributed by atoms with Crippen LogP contribution in [0.3, 0.4) is 0 Å². The largest absolute Gasteiger partial charge is 0.376 e. The first-order valence-corrected chi connectivity index (χ1v) is 13.0. The molecule has 1 aromatic heterocycles. The van der Waals surface area contributed by atoms with Crippen molar-refractivity contribution in [2.45, 2.75) is 51.4 Å². The highest BCUT2D eigenvalue weighted by molar-refractivity contribution is 7.99. The van der Waals surface area contributed by atoms with Crippen molar-refractivity contribution < 1.29 is 14.3 Å². The number of thioether (sulfide) groups is 1. The summed E-state index contributed by atoms with van der Waals surface area (Å²) in [6.07, 6.45) is 1.79. The number of ketones is 1. The molecule has 1 saturated heterocycles. The Bertz CT molecular complexity index is 1280. The van der Waals surface area contributed by atoms with Gasteiger partial charge in [0.05, 0.1) is 29.3 Å². The lowest BCUT2D eigenvalue weighted by molar-refractivity contribution is 0.0937. The molecule has 0 saturated carbocycles. The van der Waals surface area contributed by atoms with Gasteiger partial charge in [-0.3, -0.25) is 19.0 Å². The summed E-state index contributed by atoms with van der Waals surface area (Å²) >= 11 is 1.24. The second-order valence-electron chi connectivity index (χ2n) is 9.36. The number of ether oxygens (including phenoxy) is 1. The summed E-state index contributed by atoms with van der Waals surface area (Å²) in [6.45, 7) is 7.67. The number of amides is 1. The Kier molecular flexibility index (Phi) is 8.03. The van der Waals surface area contributed by atoms with E-state index in [9.17, 15) is 14.4 Å². The van der Waals surface area contributed by atoms with Crippen molar-refractivity contribution in [2.75, 3.05) is 18.9 Å². The molecule has 0 spiro atoms. The Morgan fingerprint density at radius 2 is 1.91 bits per heavy atom. The topological polar surface area (TPSA) is 90.3 Å². The maximum absolute atomic E-state index is 13.5. The van der Waals surface area contributed by atoms with Crippen LogP contribution in [0.4, 0.5) is 0 Å². The number of nitrogens with zero attached hydrogens (tertiary/aromatic N) is 2. The van der Waals surface area contributed by atoms with E-state index in [2.05, 4.69) is 5.32 Å². The molecule has 35 heavy (non-hydrogen) atoms. The van der Waals surface area contributed by atoms with Gasteiger partial charge in [0.15, 0.2) is 10.9 Å². The number of Topliss-reactive ketones (excluding diaryl/α,β-unsaturated/α-hetero) is 1. The first kappa shape index (κ1) is 25.1. The van der Waals surface area contributed by atoms with E-state index in [-0.39, 0.29) is 29.1 Å². The fraction of sp³-hybridized carbons (Fsp3) is 0.407. The number of nitrogens with one attached hydrogen (secondary N) is 1. The van der Waals surface area contributed by atoms with Gasteiger partial charge in [0.2, 0.25) is 0 Å². The number of benzene rings is 2. The van der Waals surface area contributed by atoms with Crippen LogP contribution in [0.1, 0.15) is 53.0 Å². The average molecular weight is 494 g/mol. The molecule has 184 valence electrons. The van der Waals surface area contributed by atoms with Crippen LogP contribution < -0.4 is 10.9 Å². The molecule has 3 aromatic rings. The summed E-state index contributed by atoms with van der Waals surface area (Å²) in [7, 11) is 0. The Balaban J connectivity index is 1.65. The molecule has 1 fully saturated rings. The minimum absolute atomic E-state index is 0.0326. The second-order valence-corrected chi connectivity index (χ2v) is 10.3. The molecule has 0 bridgehead atoms. The van der Waals surface area contributed by atoms with E-state index in [1.165, 1.54) is 11.8 Å². The van der Waals surface area contributed by atoms with Gasteiger partial charge in [-0.25, -0.2) is 4.98 Å². The van der Waals surface area contributed by atoms with Gasteiger partial charge in [-0.2, -0.15) is 0 Å². The normalized spacial score (nSPS) is 15.6. The molecule has 2 aromatic carbocycles. The predicted octanol–water partition coefficient (Wildman–Crippen LogP) is 4.24. The highest BCUT2D eigenvalue weighted by Gasteiger charge is 2.21. The first-order valence-electron chi connectivity index (χ1n) is 12.0. The Labute approximate surface area is 209 Å².